The summed E-state index contributed by atoms with van der Waals surface area (Å²) in [7, 11) is 0. The van der Waals surface area contributed by atoms with Crippen molar-refractivity contribution in [3.8, 4) is 0 Å². The summed E-state index contributed by atoms with van der Waals surface area (Å²) in [6, 6.07) is 3.50. The number of thioether (sulfide) groups is 1. The molecule has 4 N–H and O–H groups in total. The normalized spacial score (nSPS) is 11.6. The van der Waals surface area contributed by atoms with Crippen LogP contribution in [0.3, 0.4) is 0 Å². The van der Waals surface area contributed by atoms with Crippen molar-refractivity contribution < 1.29 is 10.3 Å². The Morgan fingerprint density at radius 2 is 2.43 bits per heavy atom. The van der Waals surface area contributed by atoms with Gasteiger partial charge in [-0.1, -0.05) is 5.16 Å². The van der Waals surface area contributed by atoms with E-state index in [1.165, 1.54) is 11.8 Å². The molecule has 0 spiro atoms. The lowest BCUT2D eigenvalue weighted by Crippen LogP contribution is -2.14. The molecule has 0 bridgehead atoms. The molecule has 0 aliphatic heterocycles. The van der Waals surface area contributed by atoms with Crippen molar-refractivity contribution in [2.45, 2.75) is 4.90 Å². The molecule has 14 heavy (non-hydrogen) atoms. The van der Waals surface area contributed by atoms with Crippen LogP contribution in [-0.2, 0) is 0 Å². The number of amidine groups is 1. The van der Waals surface area contributed by atoms with E-state index in [4.69, 9.17) is 16.0 Å². The summed E-state index contributed by atoms with van der Waals surface area (Å²) >= 11 is 1.48. The molecule has 0 aromatic carbocycles. The smallest absolute Gasteiger partial charge is 0.188 e. The lowest BCUT2D eigenvalue weighted by Gasteiger charge is -2.01. The van der Waals surface area contributed by atoms with Crippen LogP contribution >= 0.6 is 11.8 Å². The average molecular weight is 213 g/mol. The SMILES string of the molecule is NC(=NO)c1cc(SCCO)ccn1. The highest BCUT2D eigenvalue weighted by molar-refractivity contribution is 7.99. The lowest BCUT2D eigenvalue weighted by molar-refractivity contribution is 0.318. The van der Waals surface area contributed by atoms with E-state index in [2.05, 4.69) is 10.1 Å². The third kappa shape index (κ3) is 2.90. The van der Waals surface area contributed by atoms with Gasteiger partial charge in [0.05, 0.1) is 6.61 Å². The summed E-state index contributed by atoms with van der Waals surface area (Å²) in [4.78, 5) is 4.85. The van der Waals surface area contributed by atoms with E-state index in [0.717, 1.165) is 4.90 Å². The number of oxime groups is 1. The van der Waals surface area contributed by atoms with Gasteiger partial charge in [0.2, 0.25) is 0 Å². The van der Waals surface area contributed by atoms with Crippen LogP contribution in [0.2, 0.25) is 0 Å². The fourth-order valence-electron chi connectivity index (χ4n) is 0.856. The Hall–Kier alpha value is -1.27. The fourth-order valence-corrected chi connectivity index (χ4v) is 1.53. The van der Waals surface area contributed by atoms with Crippen LogP contribution < -0.4 is 5.73 Å². The molecule has 0 aliphatic rings. The third-order valence-electron chi connectivity index (χ3n) is 1.46. The fraction of sp³-hybridized carbons (Fsp3) is 0.250. The van der Waals surface area contributed by atoms with Gasteiger partial charge in [0.15, 0.2) is 5.84 Å². The van der Waals surface area contributed by atoms with Gasteiger partial charge in [-0.15, -0.1) is 11.8 Å². The summed E-state index contributed by atoms with van der Waals surface area (Å²) in [5.74, 6) is 0.594. The Kier molecular flexibility index (Phi) is 4.21. The average Bonchev–Trinajstić information content (AvgIpc) is 2.25. The molecule has 5 nitrogen and oxygen atoms in total. The second-order valence-electron chi connectivity index (χ2n) is 2.43. The molecule has 0 saturated carbocycles. The Balaban J connectivity index is 2.79. The van der Waals surface area contributed by atoms with Gasteiger partial charge in [-0.25, -0.2) is 0 Å². The Bertz CT molecular complexity index is 330. The van der Waals surface area contributed by atoms with Gasteiger partial charge in [-0.05, 0) is 12.1 Å². The first-order valence-electron chi connectivity index (χ1n) is 3.95. The number of aliphatic hydroxyl groups is 1. The molecule has 1 aromatic heterocycles. The highest BCUT2D eigenvalue weighted by Gasteiger charge is 2.01. The van der Waals surface area contributed by atoms with E-state index >= 15 is 0 Å². The second kappa shape index (κ2) is 5.46. The predicted octanol–water partition coefficient (Wildman–Crippen LogP) is 0.260. The molecule has 1 aromatic rings. The topological polar surface area (TPSA) is 91.7 Å². The first-order valence-corrected chi connectivity index (χ1v) is 4.94. The quantitative estimate of drug-likeness (QED) is 0.219. The van der Waals surface area contributed by atoms with E-state index in [0.29, 0.717) is 11.4 Å². The first kappa shape index (κ1) is 10.8. The van der Waals surface area contributed by atoms with Crippen molar-refractivity contribution in [2.75, 3.05) is 12.4 Å². The van der Waals surface area contributed by atoms with Crippen LogP contribution in [-0.4, -0.2) is 33.5 Å². The molecule has 0 unspecified atom stereocenters. The molecular weight excluding hydrogens is 202 g/mol. The number of nitrogens with zero attached hydrogens (tertiary/aromatic N) is 2. The molecule has 1 rings (SSSR count). The number of rotatable bonds is 4. The molecule has 76 valence electrons. The van der Waals surface area contributed by atoms with Crippen LogP contribution in [0.25, 0.3) is 0 Å². The lowest BCUT2D eigenvalue weighted by atomic mass is 10.3. The second-order valence-corrected chi connectivity index (χ2v) is 3.60. The summed E-state index contributed by atoms with van der Waals surface area (Å²) in [6.45, 7) is 0.117. The summed E-state index contributed by atoms with van der Waals surface area (Å²) < 4.78 is 0. The van der Waals surface area contributed by atoms with Crippen LogP contribution in [0.4, 0.5) is 0 Å². The Morgan fingerprint density at radius 1 is 1.64 bits per heavy atom. The Morgan fingerprint density at radius 3 is 3.07 bits per heavy atom. The van der Waals surface area contributed by atoms with E-state index in [1.54, 1.807) is 18.3 Å². The van der Waals surface area contributed by atoms with Crippen LogP contribution in [0.5, 0.6) is 0 Å². The molecule has 0 radical (unpaired) electrons. The van der Waals surface area contributed by atoms with E-state index < -0.39 is 0 Å². The van der Waals surface area contributed by atoms with Crippen molar-refractivity contribution in [1.29, 1.82) is 0 Å². The maximum absolute atomic E-state index is 8.63. The van der Waals surface area contributed by atoms with Crippen LogP contribution in [0, 0.1) is 0 Å². The monoisotopic (exact) mass is 213 g/mol. The van der Waals surface area contributed by atoms with Gasteiger partial charge >= 0.3 is 0 Å². The van der Waals surface area contributed by atoms with Gasteiger partial charge in [0, 0.05) is 16.8 Å². The largest absolute Gasteiger partial charge is 0.409 e. The maximum Gasteiger partial charge on any atom is 0.188 e. The van der Waals surface area contributed by atoms with E-state index in [-0.39, 0.29) is 12.4 Å². The summed E-state index contributed by atoms with van der Waals surface area (Å²) in [5.41, 5.74) is 5.80. The van der Waals surface area contributed by atoms with Crippen LogP contribution in [0.15, 0.2) is 28.4 Å². The van der Waals surface area contributed by atoms with Gasteiger partial charge < -0.3 is 16.0 Å². The maximum atomic E-state index is 8.63. The zero-order valence-electron chi connectivity index (χ0n) is 7.42. The van der Waals surface area contributed by atoms with Gasteiger partial charge in [0.25, 0.3) is 0 Å². The van der Waals surface area contributed by atoms with Crippen LogP contribution in [0.1, 0.15) is 5.69 Å². The van der Waals surface area contributed by atoms with Crippen molar-refractivity contribution in [3.63, 3.8) is 0 Å². The zero-order valence-corrected chi connectivity index (χ0v) is 8.24. The molecule has 0 aliphatic carbocycles. The molecule has 0 atom stereocenters. The van der Waals surface area contributed by atoms with E-state index in [9.17, 15) is 0 Å². The molecule has 6 heteroatoms. The standard InChI is InChI=1S/C8H11N3O2S/c9-8(11-13)7-5-6(1-2-10-7)14-4-3-12/h1-2,5,12-13H,3-4H2,(H2,9,11). The highest BCUT2D eigenvalue weighted by Crippen LogP contribution is 2.16. The van der Waals surface area contributed by atoms with Crippen molar-refractivity contribution in [1.82, 2.24) is 4.98 Å². The number of aliphatic hydroxyl groups excluding tert-OH is 1. The molecule has 1 heterocycles. The highest BCUT2D eigenvalue weighted by atomic mass is 32.2. The van der Waals surface area contributed by atoms with Gasteiger partial charge in [-0.2, -0.15) is 0 Å². The van der Waals surface area contributed by atoms with Gasteiger partial charge in [-0.3, -0.25) is 4.98 Å². The third-order valence-corrected chi connectivity index (χ3v) is 2.44. The first-order chi connectivity index (χ1) is 6.77. The van der Waals surface area contributed by atoms with E-state index in [1.807, 2.05) is 0 Å². The summed E-state index contributed by atoms with van der Waals surface area (Å²) in [6.07, 6.45) is 1.58. The zero-order chi connectivity index (χ0) is 10.4. The molecule has 0 saturated heterocycles. The minimum absolute atomic E-state index is 0.0172. The number of pyridine rings is 1. The molecular formula is C8H11N3O2S. The van der Waals surface area contributed by atoms with Gasteiger partial charge in [0.1, 0.15) is 5.69 Å². The number of hydrogen-bond acceptors (Lipinski definition) is 5. The van der Waals surface area contributed by atoms with Crippen molar-refractivity contribution in [3.05, 3.63) is 24.0 Å². The summed E-state index contributed by atoms with van der Waals surface area (Å²) in [5, 5.41) is 19.9. The minimum atomic E-state index is -0.0172. The Labute approximate surface area is 85.6 Å². The van der Waals surface area contributed by atoms with Crippen molar-refractivity contribution >= 4 is 17.6 Å². The molecule has 0 amide bonds. The number of nitrogens with two attached hydrogens (primary N) is 1. The number of hydrogen-bond donors (Lipinski definition) is 3. The predicted molar refractivity (Wildman–Crippen MR) is 54.6 cm³/mol. The number of aromatic nitrogens is 1. The van der Waals surface area contributed by atoms with Crippen molar-refractivity contribution in [2.24, 2.45) is 10.9 Å². The molecule has 0 fully saturated rings. The minimum Gasteiger partial charge on any atom is -0.409 e.